The maximum Gasteiger partial charge on any atom is 0.247 e. The molecule has 1 aromatic rings. The van der Waals surface area contributed by atoms with Crippen molar-refractivity contribution in [3.05, 3.63) is 28.7 Å². The van der Waals surface area contributed by atoms with Crippen molar-refractivity contribution in [1.82, 2.24) is 9.29 Å². The molecule has 0 aliphatic carbocycles. The molecule has 1 aromatic heterocycles. The largest absolute Gasteiger partial charge is 0.328 e. The first-order valence-corrected chi connectivity index (χ1v) is 6.58. The van der Waals surface area contributed by atoms with E-state index in [1.54, 1.807) is 0 Å². The molecule has 0 bridgehead atoms. The maximum atomic E-state index is 12.1. The zero-order chi connectivity index (χ0) is 12.9. The Morgan fingerprint density at radius 3 is 2.65 bits per heavy atom. The quantitative estimate of drug-likeness (QED) is 0.774. The normalized spacial score (nSPS) is 11.4. The molecular formula is C11H14N2O3S. The molecule has 0 unspecified atom stereocenters. The van der Waals surface area contributed by atoms with Crippen molar-refractivity contribution in [3.8, 4) is 12.3 Å². The summed E-state index contributed by atoms with van der Waals surface area (Å²) in [5, 5.41) is 0. The van der Waals surface area contributed by atoms with E-state index in [0.29, 0.717) is 13.0 Å². The second-order valence-corrected chi connectivity index (χ2v) is 5.37. The van der Waals surface area contributed by atoms with Crippen molar-refractivity contribution in [3.63, 3.8) is 0 Å². The zero-order valence-corrected chi connectivity index (χ0v) is 10.3. The molecule has 0 atom stereocenters. The number of nitrogens with one attached hydrogen (secondary N) is 1. The van der Waals surface area contributed by atoms with Crippen LogP contribution in [0.5, 0.6) is 0 Å². The number of rotatable bonds is 5. The highest BCUT2D eigenvalue weighted by molar-refractivity contribution is 7.89. The van der Waals surface area contributed by atoms with E-state index in [-0.39, 0.29) is 17.0 Å². The molecular weight excluding hydrogens is 240 g/mol. The number of terminal acetylenes is 1. The van der Waals surface area contributed by atoms with E-state index in [9.17, 15) is 13.2 Å². The molecule has 0 spiro atoms. The smallest absolute Gasteiger partial charge is 0.247 e. The summed E-state index contributed by atoms with van der Waals surface area (Å²) in [6.45, 7) is 2.24. The van der Waals surface area contributed by atoms with Crippen LogP contribution in [0.2, 0.25) is 0 Å². The molecule has 0 fully saturated rings. The van der Waals surface area contributed by atoms with Crippen LogP contribution in [0, 0.1) is 12.3 Å². The predicted octanol–water partition coefficient (Wildman–Crippen LogP) is 0.409. The van der Waals surface area contributed by atoms with Gasteiger partial charge < -0.3 is 4.98 Å². The number of pyridine rings is 1. The molecule has 17 heavy (non-hydrogen) atoms. The second-order valence-electron chi connectivity index (χ2n) is 3.43. The van der Waals surface area contributed by atoms with Gasteiger partial charge in [0.05, 0.1) is 11.4 Å². The van der Waals surface area contributed by atoms with Crippen LogP contribution in [0.25, 0.3) is 0 Å². The summed E-state index contributed by atoms with van der Waals surface area (Å²) in [6.07, 6.45) is 6.99. The average Bonchev–Trinajstić information content (AvgIpc) is 2.29. The third-order valence-electron chi connectivity index (χ3n) is 2.13. The van der Waals surface area contributed by atoms with E-state index in [4.69, 9.17) is 6.42 Å². The summed E-state index contributed by atoms with van der Waals surface area (Å²) >= 11 is 0. The fourth-order valence-electron chi connectivity index (χ4n) is 1.34. The Labute approximate surface area is 101 Å². The molecule has 0 saturated carbocycles. The number of aromatic nitrogens is 1. The lowest BCUT2D eigenvalue weighted by atomic mass is 10.5. The molecule has 0 amide bonds. The monoisotopic (exact) mass is 254 g/mol. The first kappa shape index (κ1) is 13.5. The summed E-state index contributed by atoms with van der Waals surface area (Å²) in [5.74, 6) is 2.31. The minimum atomic E-state index is -3.62. The Kier molecular flexibility index (Phi) is 4.49. The van der Waals surface area contributed by atoms with E-state index in [1.807, 2.05) is 6.92 Å². The summed E-state index contributed by atoms with van der Waals surface area (Å²) in [5.41, 5.74) is -0.344. The van der Waals surface area contributed by atoms with Gasteiger partial charge in [-0.1, -0.05) is 12.8 Å². The van der Waals surface area contributed by atoms with Crippen LogP contribution in [0.1, 0.15) is 13.3 Å². The Balaban J connectivity index is 3.12. The van der Waals surface area contributed by atoms with Crippen molar-refractivity contribution in [2.24, 2.45) is 0 Å². The van der Waals surface area contributed by atoms with Gasteiger partial charge in [0.25, 0.3) is 0 Å². The Bertz CT molecular complexity index is 549. The lowest BCUT2D eigenvalue weighted by molar-refractivity contribution is 0.445. The summed E-state index contributed by atoms with van der Waals surface area (Å²) in [7, 11) is -3.62. The highest BCUT2D eigenvalue weighted by Gasteiger charge is 2.22. The van der Waals surface area contributed by atoms with Gasteiger partial charge in [-0.15, -0.1) is 6.42 Å². The number of hydrogen-bond acceptors (Lipinski definition) is 3. The third-order valence-corrected chi connectivity index (χ3v) is 3.98. The van der Waals surface area contributed by atoms with Gasteiger partial charge in [-0.2, -0.15) is 4.31 Å². The second kappa shape index (κ2) is 5.66. The van der Waals surface area contributed by atoms with E-state index in [0.717, 1.165) is 0 Å². The van der Waals surface area contributed by atoms with Gasteiger partial charge in [0.2, 0.25) is 15.6 Å². The number of H-pyrrole nitrogens is 1. The van der Waals surface area contributed by atoms with Crippen LogP contribution in [-0.2, 0) is 10.0 Å². The molecule has 1 heterocycles. The van der Waals surface area contributed by atoms with Gasteiger partial charge in [0.1, 0.15) is 0 Å². The SMILES string of the molecule is C#CCN(CCC)S(=O)(=O)c1ccc(=O)[nH]c1. The topological polar surface area (TPSA) is 70.2 Å². The molecule has 0 aromatic carbocycles. The Morgan fingerprint density at radius 2 is 2.18 bits per heavy atom. The van der Waals surface area contributed by atoms with Crippen LogP contribution < -0.4 is 5.56 Å². The van der Waals surface area contributed by atoms with Crippen molar-refractivity contribution in [2.75, 3.05) is 13.1 Å². The fourth-order valence-corrected chi connectivity index (χ4v) is 2.75. The molecule has 0 aliphatic rings. The summed E-state index contributed by atoms with van der Waals surface area (Å²) in [6, 6.07) is 2.44. The van der Waals surface area contributed by atoms with E-state index >= 15 is 0 Å². The third kappa shape index (κ3) is 3.19. The molecule has 5 nitrogen and oxygen atoms in total. The molecule has 6 heteroatoms. The number of aromatic amines is 1. The lowest BCUT2D eigenvalue weighted by Crippen LogP contribution is -2.32. The average molecular weight is 254 g/mol. The molecule has 0 radical (unpaired) electrons. The number of nitrogens with zero attached hydrogens (tertiary/aromatic N) is 1. The van der Waals surface area contributed by atoms with Crippen molar-refractivity contribution in [1.29, 1.82) is 0 Å². The molecule has 0 saturated heterocycles. The lowest BCUT2D eigenvalue weighted by Gasteiger charge is -2.18. The van der Waals surface area contributed by atoms with E-state index in [2.05, 4.69) is 10.9 Å². The van der Waals surface area contributed by atoms with Crippen LogP contribution >= 0.6 is 0 Å². The van der Waals surface area contributed by atoms with Gasteiger partial charge in [0, 0.05) is 18.8 Å². The van der Waals surface area contributed by atoms with Crippen molar-refractivity contribution in [2.45, 2.75) is 18.2 Å². The highest BCUT2D eigenvalue weighted by atomic mass is 32.2. The fraction of sp³-hybridized carbons (Fsp3) is 0.364. The summed E-state index contributed by atoms with van der Waals surface area (Å²) < 4.78 is 25.5. The predicted molar refractivity (Wildman–Crippen MR) is 64.9 cm³/mol. The number of sulfonamides is 1. The Hall–Kier alpha value is -1.58. The van der Waals surface area contributed by atoms with Gasteiger partial charge in [-0.25, -0.2) is 8.42 Å². The van der Waals surface area contributed by atoms with Crippen LogP contribution in [0.4, 0.5) is 0 Å². The van der Waals surface area contributed by atoms with Crippen molar-refractivity contribution >= 4 is 10.0 Å². The molecule has 1 N–H and O–H groups in total. The highest BCUT2D eigenvalue weighted by Crippen LogP contribution is 2.13. The van der Waals surface area contributed by atoms with Crippen LogP contribution in [-0.4, -0.2) is 30.8 Å². The molecule has 1 rings (SSSR count). The first-order chi connectivity index (χ1) is 8.02. The summed E-state index contributed by atoms with van der Waals surface area (Å²) in [4.78, 5) is 13.2. The Morgan fingerprint density at radius 1 is 1.47 bits per heavy atom. The number of hydrogen-bond donors (Lipinski definition) is 1. The van der Waals surface area contributed by atoms with Gasteiger partial charge in [0.15, 0.2) is 0 Å². The van der Waals surface area contributed by atoms with Crippen LogP contribution in [0.15, 0.2) is 28.0 Å². The molecule has 0 aliphatic heterocycles. The minimum absolute atomic E-state index is 0.0231. The zero-order valence-electron chi connectivity index (χ0n) is 9.51. The van der Waals surface area contributed by atoms with Gasteiger partial charge in [-0.05, 0) is 12.5 Å². The standard InChI is InChI=1S/C11H14N2O3S/c1-3-7-13(8-4-2)17(15,16)10-5-6-11(14)12-9-10/h1,5-6,9H,4,7-8H2,2H3,(H,12,14). The molecule has 92 valence electrons. The van der Waals surface area contributed by atoms with Gasteiger partial charge >= 0.3 is 0 Å². The van der Waals surface area contributed by atoms with Crippen LogP contribution in [0.3, 0.4) is 0 Å². The maximum absolute atomic E-state index is 12.1. The minimum Gasteiger partial charge on any atom is -0.328 e. The van der Waals surface area contributed by atoms with Gasteiger partial charge in [-0.3, -0.25) is 4.79 Å². The van der Waals surface area contributed by atoms with E-state index in [1.165, 1.54) is 22.6 Å². The van der Waals surface area contributed by atoms with E-state index < -0.39 is 10.0 Å². The van der Waals surface area contributed by atoms with Crippen molar-refractivity contribution < 1.29 is 8.42 Å². The first-order valence-electron chi connectivity index (χ1n) is 5.14.